The topological polar surface area (TPSA) is 98.5 Å². The lowest BCUT2D eigenvalue weighted by molar-refractivity contribution is -0.137. The largest absolute Gasteiger partial charge is 0.481 e. The molecule has 15 heavy (non-hydrogen) atoms. The number of aliphatic carboxylic acids is 1. The van der Waals surface area contributed by atoms with Gasteiger partial charge >= 0.3 is 5.97 Å². The first kappa shape index (κ1) is 13.9. The van der Waals surface area contributed by atoms with Crippen LogP contribution in [0.2, 0.25) is 0 Å². The number of sulfonamides is 1. The lowest BCUT2D eigenvalue weighted by Gasteiger charge is -2.15. The van der Waals surface area contributed by atoms with Crippen LogP contribution in [0.15, 0.2) is 0 Å². The Morgan fingerprint density at radius 3 is 2.60 bits per heavy atom. The zero-order chi connectivity index (χ0) is 11.9. The van der Waals surface area contributed by atoms with E-state index in [2.05, 4.69) is 0 Å². The van der Waals surface area contributed by atoms with Crippen LogP contribution in [0, 0.1) is 11.3 Å². The first-order valence-electron chi connectivity index (χ1n) is 4.43. The molecule has 0 aliphatic rings. The Balaban J connectivity index is 4.09. The van der Waals surface area contributed by atoms with Gasteiger partial charge in [0.25, 0.3) is 0 Å². The molecule has 0 unspecified atom stereocenters. The summed E-state index contributed by atoms with van der Waals surface area (Å²) in [6.07, 6.45) is 0.246. The van der Waals surface area contributed by atoms with Crippen LogP contribution in [0.4, 0.5) is 0 Å². The third kappa shape index (κ3) is 6.04. The SMILES string of the molecule is CN(CCC(=O)O)S(=O)(=O)CCCC#N. The van der Waals surface area contributed by atoms with Crippen molar-refractivity contribution in [3.63, 3.8) is 0 Å². The van der Waals surface area contributed by atoms with Crippen LogP contribution in [-0.2, 0) is 14.8 Å². The van der Waals surface area contributed by atoms with Gasteiger partial charge in [-0.25, -0.2) is 12.7 Å². The number of carboxylic acid groups (broad SMARTS) is 1. The average molecular weight is 234 g/mol. The number of nitrogens with zero attached hydrogens (tertiary/aromatic N) is 2. The monoisotopic (exact) mass is 234 g/mol. The number of hydrogen-bond acceptors (Lipinski definition) is 4. The maximum Gasteiger partial charge on any atom is 0.304 e. The number of hydrogen-bond donors (Lipinski definition) is 1. The van der Waals surface area contributed by atoms with Gasteiger partial charge < -0.3 is 5.11 Å². The predicted octanol–water partition coefficient (Wildman–Crippen LogP) is 0.0265. The fraction of sp³-hybridized carbons (Fsp3) is 0.750. The van der Waals surface area contributed by atoms with Crippen molar-refractivity contribution >= 4 is 16.0 Å². The van der Waals surface area contributed by atoms with Crippen LogP contribution in [0.25, 0.3) is 0 Å². The minimum atomic E-state index is -3.41. The quantitative estimate of drug-likeness (QED) is 0.626. The highest BCUT2D eigenvalue weighted by molar-refractivity contribution is 7.89. The maximum absolute atomic E-state index is 11.4. The molecule has 0 amide bonds. The molecule has 6 nitrogen and oxygen atoms in total. The molecule has 0 aromatic rings. The van der Waals surface area contributed by atoms with Crippen LogP contribution < -0.4 is 0 Å². The second kappa shape index (κ2) is 6.37. The van der Waals surface area contributed by atoms with E-state index in [-0.39, 0.29) is 31.6 Å². The van der Waals surface area contributed by atoms with Crippen LogP contribution in [-0.4, -0.2) is 43.1 Å². The van der Waals surface area contributed by atoms with Gasteiger partial charge in [0.15, 0.2) is 0 Å². The summed E-state index contributed by atoms with van der Waals surface area (Å²) in [6.45, 7) is -0.0375. The molecular formula is C8H14N2O4S. The molecule has 0 aliphatic carbocycles. The zero-order valence-electron chi connectivity index (χ0n) is 8.51. The fourth-order valence-electron chi connectivity index (χ4n) is 0.882. The van der Waals surface area contributed by atoms with E-state index in [1.54, 1.807) is 0 Å². The molecule has 0 aliphatic heterocycles. The van der Waals surface area contributed by atoms with Crippen molar-refractivity contribution < 1.29 is 18.3 Å². The van der Waals surface area contributed by atoms with Crippen molar-refractivity contribution in [1.82, 2.24) is 4.31 Å². The molecule has 0 atom stereocenters. The van der Waals surface area contributed by atoms with Gasteiger partial charge in [0, 0.05) is 20.0 Å². The molecule has 7 heteroatoms. The highest BCUT2D eigenvalue weighted by Crippen LogP contribution is 2.03. The summed E-state index contributed by atoms with van der Waals surface area (Å²) < 4.78 is 23.9. The van der Waals surface area contributed by atoms with Crippen molar-refractivity contribution in [2.75, 3.05) is 19.3 Å². The van der Waals surface area contributed by atoms with Crippen LogP contribution in [0.5, 0.6) is 0 Å². The van der Waals surface area contributed by atoms with E-state index in [4.69, 9.17) is 10.4 Å². The maximum atomic E-state index is 11.4. The second-order valence-corrected chi connectivity index (χ2v) is 5.24. The number of nitriles is 1. The van der Waals surface area contributed by atoms with Gasteiger partial charge in [-0.05, 0) is 6.42 Å². The second-order valence-electron chi connectivity index (χ2n) is 3.04. The zero-order valence-corrected chi connectivity index (χ0v) is 9.33. The van der Waals surface area contributed by atoms with E-state index < -0.39 is 16.0 Å². The summed E-state index contributed by atoms with van der Waals surface area (Å²) in [4.78, 5) is 10.2. The number of carbonyl (C=O) groups is 1. The van der Waals surface area contributed by atoms with E-state index >= 15 is 0 Å². The normalized spacial score (nSPS) is 11.3. The fourth-order valence-corrected chi connectivity index (χ4v) is 2.07. The van der Waals surface area contributed by atoms with Crippen molar-refractivity contribution in [1.29, 1.82) is 5.26 Å². The predicted molar refractivity (Wildman–Crippen MR) is 53.5 cm³/mol. The third-order valence-electron chi connectivity index (χ3n) is 1.81. The Kier molecular flexibility index (Phi) is 5.89. The Morgan fingerprint density at radius 1 is 1.53 bits per heavy atom. The van der Waals surface area contributed by atoms with E-state index in [1.165, 1.54) is 7.05 Å². The molecule has 0 saturated carbocycles. The highest BCUT2D eigenvalue weighted by atomic mass is 32.2. The standard InChI is InChI=1S/C8H14N2O4S/c1-10(6-4-8(11)12)15(13,14)7-3-2-5-9/h2-4,6-7H2,1H3,(H,11,12). The Bertz CT molecular complexity index is 344. The summed E-state index contributed by atoms with van der Waals surface area (Å²) in [5, 5.41) is 16.6. The molecular weight excluding hydrogens is 220 g/mol. The van der Waals surface area contributed by atoms with E-state index in [0.29, 0.717) is 0 Å². The van der Waals surface area contributed by atoms with Crippen molar-refractivity contribution in [2.45, 2.75) is 19.3 Å². The van der Waals surface area contributed by atoms with Gasteiger partial charge in [-0.15, -0.1) is 0 Å². The Morgan fingerprint density at radius 2 is 2.13 bits per heavy atom. The van der Waals surface area contributed by atoms with Gasteiger partial charge in [-0.3, -0.25) is 4.79 Å². The Hall–Kier alpha value is -1.13. The lowest BCUT2D eigenvalue weighted by atomic mass is 10.4. The molecule has 0 fully saturated rings. The van der Waals surface area contributed by atoms with Crippen molar-refractivity contribution in [3.8, 4) is 6.07 Å². The molecule has 86 valence electrons. The number of rotatable bonds is 7. The first-order valence-corrected chi connectivity index (χ1v) is 6.04. The molecule has 1 N–H and O–H groups in total. The van der Waals surface area contributed by atoms with E-state index in [9.17, 15) is 13.2 Å². The van der Waals surface area contributed by atoms with Gasteiger partial charge in [0.05, 0.1) is 18.2 Å². The third-order valence-corrected chi connectivity index (χ3v) is 3.74. The molecule has 0 aromatic carbocycles. The molecule has 0 rings (SSSR count). The molecule has 0 spiro atoms. The summed E-state index contributed by atoms with van der Waals surface area (Å²) in [5.74, 6) is -1.15. The van der Waals surface area contributed by atoms with E-state index in [0.717, 1.165) is 4.31 Å². The highest BCUT2D eigenvalue weighted by Gasteiger charge is 2.17. The summed E-state index contributed by atoms with van der Waals surface area (Å²) in [7, 11) is -2.07. The smallest absolute Gasteiger partial charge is 0.304 e. The molecule has 0 aromatic heterocycles. The minimum absolute atomic E-state index is 0.0375. The molecule has 0 saturated heterocycles. The van der Waals surface area contributed by atoms with Crippen molar-refractivity contribution in [3.05, 3.63) is 0 Å². The van der Waals surface area contributed by atoms with Crippen LogP contribution in [0.3, 0.4) is 0 Å². The number of carboxylic acids is 1. The average Bonchev–Trinajstić information content (AvgIpc) is 2.14. The summed E-state index contributed by atoms with van der Waals surface area (Å²) in [6, 6.07) is 1.85. The molecule has 0 radical (unpaired) electrons. The summed E-state index contributed by atoms with van der Waals surface area (Å²) in [5.41, 5.74) is 0. The minimum Gasteiger partial charge on any atom is -0.481 e. The first-order chi connectivity index (χ1) is 6.90. The Labute approximate surface area is 89.2 Å². The van der Waals surface area contributed by atoms with E-state index in [1.807, 2.05) is 6.07 Å². The van der Waals surface area contributed by atoms with Gasteiger partial charge in [0.1, 0.15) is 0 Å². The van der Waals surface area contributed by atoms with Crippen LogP contribution >= 0.6 is 0 Å². The van der Waals surface area contributed by atoms with Crippen LogP contribution in [0.1, 0.15) is 19.3 Å². The van der Waals surface area contributed by atoms with Gasteiger partial charge in [-0.1, -0.05) is 0 Å². The van der Waals surface area contributed by atoms with Crippen molar-refractivity contribution in [2.24, 2.45) is 0 Å². The lowest BCUT2D eigenvalue weighted by Crippen LogP contribution is -2.31. The van der Waals surface area contributed by atoms with Gasteiger partial charge in [0.2, 0.25) is 10.0 Å². The molecule has 0 bridgehead atoms. The summed E-state index contributed by atoms with van der Waals surface area (Å²) >= 11 is 0. The number of unbranched alkanes of at least 4 members (excludes halogenated alkanes) is 1. The molecule has 0 heterocycles. The van der Waals surface area contributed by atoms with Gasteiger partial charge in [-0.2, -0.15) is 5.26 Å².